The van der Waals surface area contributed by atoms with Gasteiger partial charge in [-0.2, -0.15) is 5.10 Å². The number of amides is 2. The van der Waals surface area contributed by atoms with Crippen LogP contribution in [0.15, 0.2) is 30.3 Å². The number of rotatable bonds is 6. The van der Waals surface area contributed by atoms with Gasteiger partial charge in [0.05, 0.1) is 18.4 Å². The maximum Gasteiger partial charge on any atom is 0.258 e. The van der Waals surface area contributed by atoms with Gasteiger partial charge in [-0.1, -0.05) is 32.9 Å². The van der Waals surface area contributed by atoms with Crippen LogP contribution in [0.25, 0.3) is 0 Å². The summed E-state index contributed by atoms with van der Waals surface area (Å²) in [6.07, 6.45) is 0. The van der Waals surface area contributed by atoms with Crippen LogP contribution in [-0.4, -0.2) is 46.2 Å². The molecule has 1 heterocycles. The lowest BCUT2D eigenvalue weighted by Gasteiger charge is -2.26. The molecule has 2 rings (SSSR count). The largest absolute Gasteiger partial charge is 0.496 e. The normalized spacial score (nSPS) is 11.4. The molecule has 0 saturated heterocycles. The quantitative estimate of drug-likeness (QED) is 0.827. The summed E-state index contributed by atoms with van der Waals surface area (Å²) in [5, 5.41) is 7.32. The first-order chi connectivity index (χ1) is 13.0. The average molecular weight is 386 g/mol. The van der Waals surface area contributed by atoms with Crippen LogP contribution >= 0.6 is 0 Å². The van der Waals surface area contributed by atoms with E-state index in [9.17, 15) is 9.59 Å². The summed E-state index contributed by atoms with van der Waals surface area (Å²) < 4.78 is 6.93. The molecule has 0 aliphatic rings. The molecule has 0 saturated carbocycles. The lowest BCUT2D eigenvalue weighted by atomic mass is 9.92. The maximum atomic E-state index is 13.0. The smallest absolute Gasteiger partial charge is 0.258 e. The molecule has 0 aliphatic carbocycles. The standard InChI is InChI=1S/C21H30N4O3/c1-14(2)25(20(27)15-10-8-9-11-16(15)28-7)13-19(26)22-18-12-17(21(3,4)5)23-24(18)6/h8-12,14H,13H2,1-7H3,(H,22,26). The fourth-order valence-corrected chi connectivity index (χ4v) is 2.75. The second-order valence-corrected chi connectivity index (χ2v) is 8.06. The Morgan fingerprint density at radius 2 is 1.89 bits per heavy atom. The molecule has 28 heavy (non-hydrogen) atoms. The van der Waals surface area contributed by atoms with E-state index in [1.165, 1.54) is 12.0 Å². The second-order valence-electron chi connectivity index (χ2n) is 8.06. The van der Waals surface area contributed by atoms with Crippen molar-refractivity contribution < 1.29 is 14.3 Å². The average Bonchev–Trinajstić information content (AvgIpc) is 2.99. The van der Waals surface area contributed by atoms with Gasteiger partial charge in [0.15, 0.2) is 0 Å². The highest BCUT2D eigenvalue weighted by molar-refractivity contribution is 6.00. The Balaban J connectivity index is 2.17. The van der Waals surface area contributed by atoms with Gasteiger partial charge in [0.25, 0.3) is 5.91 Å². The Labute approximate surface area is 166 Å². The number of aromatic nitrogens is 2. The zero-order valence-corrected chi connectivity index (χ0v) is 17.7. The SMILES string of the molecule is COc1ccccc1C(=O)N(CC(=O)Nc1cc(C(C)(C)C)nn1C)C(C)C. The van der Waals surface area contributed by atoms with Gasteiger partial charge in [-0.3, -0.25) is 14.3 Å². The van der Waals surface area contributed by atoms with Crippen LogP contribution in [-0.2, 0) is 17.3 Å². The maximum absolute atomic E-state index is 13.0. The van der Waals surface area contributed by atoms with Crippen LogP contribution in [0.1, 0.15) is 50.7 Å². The van der Waals surface area contributed by atoms with Gasteiger partial charge in [-0.25, -0.2) is 0 Å². The van der Waals surface area contributed by atoms with E-state index in [0.29, 0.717) is 17.1 Å². The van der Waals surface area contributed by atoms with Crippen LogP contribution in [0.3, 0.4) is 0 Å². The minimum absolute atomic E-state index is 0.0649. The number of para-hydroxylation sites is 1. The number of methoxy groups -OCH3 is 1. The van der Waals surface area contributed by atoms with E-state index in [1.807, 2.05) is 19.9 Å². The molecular weight excluding hydrogens is 356 g/mol. The van der Waals surface area contributed by atoms with Gasteiger partial charge in [0.1, 0.15) is 18.1 Å². The van der Waals surface area contributed by atoms with Gasteiger partial charge in [-0.15, -0.1) is 0 Å². The molecule has 0 aliphatic heterocycles. The van der Waals surface area contributed by atoms with Gasteiger partial charge in [0, 0.05) is 24.6 Å². The number of benzene rings is 1. The molecule has 1 N–H and O–H groups in total. The van der Waals surface area contributed by atoms with Crippen molar-refractivity contribution in [3.8, 4) is 5.75 Å². The molecule has 0 radical (unpaired) electrons. The van der Waals surface area contributed by atoms with Crippen molar-refractivity contribution >= 4 is 17.6 Å². The van der Waals surface area contributed by atoms with Crippen LogP contribution < -0.4 is 10.1 Å². The summed E-state index contributed by atoms with van der Waals surface area (Å²) >= 11 is 0. The van der Waals surface area contributed by atoms with Crippen LogP contribution in [0, 0.1) is 0 Å². The number of ether oxygens (including phenoxy) is 1. The minimum atomic E-state index is -0.277. The zero-order chi connectivity index (χ0) is 21.1. The first-order valence-electron chi connectivity index (χ1n) is 9.33. The van der Waals surface area contributed by atoms with Crippen LogP contribution in [0.4, 0.5) is 5.82 Å². The second kappa shape index (κ2) is 8.46. The minimum Gasteiger partial charge on any atom is -0.496 e. The van der Waals surface area contributed by atoms with E-state index >= 15 is 0 Å². The Morgan fingerprint density at radius 3 is 2.43 bits per heavy atom. The number of carbonyl (C=O) groups is 2. The molecule has 0 spiro atoms. The van der Waals surface area contributed by atoms with Crippen molar-refractivity contribution in [2.75, 3.05) is 19.0 Å². The molecule has 1 aromatic heterocycles. The van der Waals surface area contributed by atoms with Gasteiger partial charge < -0.3 is 15.0 Å². The summed E-state index contributed by atoms with van der Waals surface area (Å²) in [4.78, 5) is 27.2. The van der Waals surface area contributed by atoms with Crippen molar-refractivity contribution in [1.82, 2.24) is 14.7 Å². The number of hydrogen-bond donors (Lipinski definition) is 1. The number of nitrogens with one attached hydrogen (secondary N) is 1. The summed E-state index contributed by atoms with van der Waals surface area (Å²) in [5.41, 5.74) is 1.20. The summed E-state index contributed by atoms with van der Waals surface area (Å²) in [7, 11) is 3.30. The summed E-state index contributed by atoms with van der Waals surface area (Å²) in [5.74, 6) is 0.562. The van der Waals surface area contributed by atoms with E-state index in [1.54, 1.807) is 36.0 Å². The van der Waals surface area contributed by atoms with E-state index in [2.05, 4.69) is 31.2 Å². The fourth-order valence-electron chi connectivity index (χ4n) is 2.75. The molecule has 0 atom stereocenters. The summed E-state index contributed by atoms with van der Waals surface area (Å²) in [6, 6.07) is 8.72. The third-order valence-electron chi connectivity index (χ3n) is 4.45. The van der Waals surface area contributed by atoms with Crippen LogP contribution in [0.2, 0.25) is 0 Å². The molecule has 2 amide bonds. The van der Waals surface area contributed by atoms with Crippen molar-refractivity contribution in [3.05, 3.63) is 41.6 Å². The third-order valence-corrected chi connectivity index (χ3v) is 4.45. The molecule has 0 bridgehead atoms. The third kappa shape index (κ3) is 4.91. The topological polar surface area (TPSA) is 76.5 Å². The highest BCUT2D eigenvalue weighted by Gasteiger charge is 2.25. The van der Waals surface area contributed by atoms with Crippen molar-refractivity contribution in [2.45, 2.75) is 46.1 Å². The molecule has 2 aromatic rings. The zero-order valence-electron chi connectivity index (χ0n) is 17.7. The summed E-state index contributed by atoms with van der Waals surface area (Å²) in [6.45, 7) is 9.88. The number of aryl methyl sites for hydroxylation is 1. The number of anilines is 1. The Hall–Kier alpha value is -2.83. The molecular formula is C21H30N4O3. The van der Waals surface area contributed by atoms with Gasteiger partial charge >= 0.3 is 0 Å². The fraction of sp³-hybridized carbons (Fsp3) is 0.476. The molecule has 0 fully saturated rings. The molecule has 0 unspecified atom stereocenters. The number of nitrogens with zero attached hydrogens (tertiary/aromatic N) is 3. The molecule has 7 heteroatoms. The first kappa shape index (κ1) is 21.5. The first-order valence-corrected chi connectivity index (χ1v) is 9.33. The van der Waals surface area contributed by atoms with E-state index in [0.717, 1.165) is 5.69 Å². The van der Waals surface area contributed by atoms with E-state index in [-0.39, 0.29) is 29.8 Å². The predicted molar refractivity (Wildman–Crippen MR) is 110 cm³/mol. The van der Waals surface area contributed by atoms with Gasteiger partial charge in [0.2, 0.25) is 5.91 Å². The van der Waals surface area contributed by atoms with Crippen molar-refractivity contribution in [1.29, 1.82) is 0 Å². The highest BCUT2D eigenvalue weighted by Crippen LogP contribution is 2.24. The Bertz CT molecular complexity index is 850. The number of hydrogen-bond acceptors (Lipinski definition) is 4. The lowest BCUT2D eigenvalue weighted by molar-refractivity contribution is -0.117. The Morgan fingerprint density at radius 1 is 1.25 bits per heavy atom. The van der Waals surface area contributed by atoms with Crippen molar-refractivity contribution in [2.24, 2.45) is 7.05 Å². The molecule has 152 valence electrons. The number of carbonyl (C=O) groups excluding carboxylic acids is 2. The molecule has 1 aromatic carbocycles. The van der Waals surface area contributed by atoms with Crippen molar-refractivity contribution in [3.63, 3.8) is 0 Å². The Kier molecular flexibility index (Phi) is 6.48. The van der Waals surface area contributed by atoms with Crippen LogP contribution in [0.5, 0.6) is 5.75 Å². The lowest BCUT2D eigenvalue weighted by Crippen LogP contribution is -2.42. The monoisotopic (exact) mass is 386 g/mol. The highest BCUT2D eigenvalue weighted by atomic mass is 16.5. The van der Waals surface area contributed by atoms with E-state index < -0.39 is 0 Å². The molecule has 7 nitrogen and oxygen atoms in total. The predicted octanol–water partition coefficient (Wildman–Crippen LogP) is 3.22. The van der Waals surface area contributed by atoms with Gasteiger partial charge in [-0.05, 0) is 26.0 Å². The van der Waals surface area contributed by atoms with E-state index in [4.69, 9.17) is 4.74 Å².